The van der Waals surface area contributed by atoms with Gasteiger partial charge in [-0.2, -0.15) is 0 Å². The number of hydrogen-bond acceptors (Lipinski definition) is 4. The van der Waals surface area contributed by atoms with Gasteiger partial charge in [-0.3, -0.25) is 4.79 Å². The average molecular weight is 303 g/mol. The maximum Gasteiger partial charge on any atom is 0.329 e. The van der Waals surface area contributed by atoms with Crippen molar-refractivity contribution in [2.24, 2.45) is 0 Å². The lowest BCUT2D eigenvalue weighted by Gasteiger charge is -2.21. The highest BCUT2D eigenvalue weighted by Gasteiger charge is 2.51. The van der Waals surface area contributed by atoms with E-state index < -0.39 is 11.5 Å². The summed E-state index contributed by atoms with van der Waals surface area (Å²) in [7, 11) is 0. The number of hydrogen-bond donors (Lipinski definition) is 2. The third-order valence-electron chi connectivity index (χ3n) is 4.45. The van der Waals surface area contributed by atoms with Gasteiger partial charge in [-0.05, 0) is 37.8 Å². The Hall–Kier alpha value is -2.11. The van der Waals surface area contributed by atoms with Crippen LogP contribution in [0.2, 0.25) is 0 Å². The van der Waals surface area contributed by atoms with Crippen LogP contribution < -0.4 is 10.2 Å². The molecule has 1 aliphatic heterocycles. The molecule has 1 aromatic heterocycles. The number of nitrogens with zero attached hydrogens (tertiary/aromatic N) is 2. The lowest BCUT2D eigenvalue weighted by atomic mass is 10.2. The molecule has 1 aromatic rings. The Morgan fingerprint density at radius 2 is 1.82 bits per heavy atom. The number of nitrogens with one attached hydrogen (secondary N) is 1. The van der Waals surface area contributed by atoms with Gasteiger partial charge in [0.1, 0.15) is 11.4 Å². The molecule has 22 heavy (non-hydrogen) atoms. The van der Waals surface area contributed by atoms with Crippen molar-refractivity contribution in [3.8, 4) is 0 Å². The van der Waals surface area contributed by atoms with Gasteiger partial charge in [-0.1, -0.05) is 12.8 Å². The lowest BCUT2D eigenvalue weighted by molar-refractivity contribution is -0.140. The van der Waals surface area contributed by atoms with Crippen molar-refractivity contribution >= 4 is 17.7 Å². The molecule has 0 aromatic carbocycles. The monoisotopic (exact) mass is 303 g/mol. The zero-order valence-electron chi connectivity index (χ0n) is 12.5. The summed E-state index contributed by atoms with van der Waals surface area (Å²) in [5.74, 6) is -0.442. The summed E-state index contributed by atoms with van der Waals surface area (Å²) in [4.78, 5) is 29.8. The summed E-state index contributed by atoms with van der Waals surface area (Å²) in [6.07, 6.45) is 7.38. The van der Waals surface area contributed by atoms with Gasteiger partial charge in [0.15, 0.2) is 0 Å². The molecule has 0 radical (unpaired) electrons. The van der Waals surface area contributed by atoms with Crippen LogP contribution in [0.3, 0.4) is 0 Å². The summed E-state index contributed by atoms with van der Waals surface area (Å²) < 4.78 is 0. The minimum atomic E-state index is -1.06. The maximum atomic E-state index is 12.1. The zero-order chi connectivity index (χ0) is 15.6. The van der Waals surface area contributed by atoms with Gasteiger partial charge in [-0.15, -0.1) is 0 Å². The van der Waals surface area contributed by atoms with Gasteiger partial charge < -0.3 is 15.3 Å². The van der Waals surface area contributed by atoms with Crippen molar-refractivity contribution in [3.05, 3.63) is 23.9 Å². The number of carboxylic acid groups (broad SMARTS) is 1. The Kier molecular flexibility index (Phi) is 4.00. The van der Waals surface area contributed by atoms with E-state index in [0.29, 0.717) is 18.4 Å². The third-order valence-corrected chi connectivity index (χ3v) is 4.45. The Bertz CT molecular complexity index is 559. The molecular weight excluding hydrogens is 282 g/mol. The van der Waals surface area contributed by atoms with Crippen LogP contribution in [0.4, 0.5) is 5.82 Å². The summed E-state index contributed by atoms with van der Waals surface area (Å²) in [6.45, 7) is 2.00. The Balaban J connectivity index is 1.66. The molecule has 2 N–H and O–H groups in total. The second-order valence-electron chi connectivity index (χ2n) is 6.15. The number of rotatable bonds is 4. The first-order valence-electron chi connectivity index (χ1n) is 7.88. The molecule has 1 aliphatic carbocycles. The second kappa shape index (κ2) is 5.94. The highest BCUT2D eigenvalue weighted by molar-refractivity contribution is 5.98. The molecule has 3 rings (SSSR count). The van der Waals surface area contributed by atoms with E-state index in [4.69, 9.17) is 5.11 Å². The molecule has 0 bridgehead atoms. The largest absolute Gasteiger partial charge is 0.480 e. The molecule has 2 heterocycles. The van der Waals surface area contributed by atoms with Crippen LogP contribution in [0, 0.1) is 0 Å². The molecule has 1 saturated heterocycles. The van der Waals surface area contributed by atoms with E-state index in [9.17, 15) is 9.59 Å². The van der Waals surface area contributed by atoms with Crippen LogP contribution in [-0.2, 0) is 4.79 Å². The normalized spacial score (nSPS) is 20.1. The molecule has 1 saturated carbocycles. The average Bonchev–Trinajstić information content (AvgIpc) is 3.31. The highest BCUT2D eigenvalue weighted by atomic mass is 16.4. The molecule has 6 heteroatoms. The number of aliphatic carboxylic acids is 1. The minimum absolute atomic E-state index is 0.366. The number of carbonyl (C=O) groups excluding carboxylic acids is 1. The van der Waals surface area contributed by atoms with Crippen molar-refractivity contribution in [3.63, 3.8) is 0 Å². The summed E-state index contributed by atoms with van der Waals surface area (Å²) in [6, 6.07) is 3.57. The summed E-state index contributed by atoms with van der Waals surface area (Å²) in [5.41, 5.74) is -0.647. The smallest absolute Gasteiger partial charge is 0.329 e. The zero-order valence-corrected chi connectivity index (χ0v) is 12.5. The van der Waals surface area contributed by atoms with E-state index >= 15 is 0 Å². The van der Waals surface area contributed by atoms with Crippen LogP contribution in [-0.4, -0.2) is 40.6 Å². The fraction of sp³-hybridized carbons (Fsp3) is 0.562. The first-order valence-corrected chi connectivity index (χ1v) is 7.88. The van der Waals surface area contributed by atoms with Crippen molar-refractivity contribution in [1.82, 2.24) is 10.3 Å². The standard InChI is InChI=1S/C16H21N3O3/c20-14(18-16(7-8-16)15(21)22)12-5-6-13(17-11-12)19-9-3-1-2-4-10-19/h5-6,11H,1-4,7-10H2,(H,18,20)(H,21,22). The van der Waals surface area contributed by atoms with Gasteiger partial charge in [0.05, 0.1) is 5.56 Å². The van der Waals surface area contributed by atoms with Crippen LogP contribution in [0.25, 0.3) is 0 Å². The highest BCUT2D eigenvalue weighted by Crippen LogP contribution is 2.35. The molecule has 0 spiro atoms. The third kappa shape index (κ3) is 3.05. The van der Waals surface area contributed by atoms with E-state index in [0.717, 1.165) is 18.9 Å². The first-order chi connectivity index (χ1) is 10.6. The van der Waals surface area contributed by atoms with E-state index in [2.05, 4.69) is 15.2 Å². The van der Waals surface area contributed by atoms with Gasteiger partial charge >= 0.3 is 5.97 Å². The summed E-state index contributed by atoms with van der Waals surface area (Å²) in [5, 5.41) is 11.7. The first kappa shape index (κ1) is 14.8. The quantitative estimate of drug-likeness (QED) is 0.886. The maximum absolute atomic E-state index is 12.1. The number of pyridine rings is 1. The summed E-state index contributed by atoms with van der Waals surface area (Å²) >= 11 is 0. The molecule has 6 nitrogen and oxygen atoms in total. The predicted octanol–water partition coefficient (Wildman–Crippen LogP) is 1.81. The number of carboxylic acids is 1. The van der Waals surface area contributed by atoms with Gasteiger partial charge in [-0.25, -0.2) is 9.78 Å². The molecule has 0 atom stereocenters. The fourth-order valence-corrected chi connectivity index (χ4v) is 2.81. The SMILES string of the molecule is O=C(NC1(C(=O)O)CC1)c1ccc(N2CCCCCC2)nc1. The fourth-order valence-electron chi connectivity index (χ4n) is 2.81. The number of anilines is 1. The van der Waals surface area contributed by atoms with E-state index in [-0.39, 0.29) is 5.91 Å². The predicted molar refractivity (Wildman–Crippen MR) is 82.0 cm³/mol. The van der Waals surface area contributed by atoms with Crippen LogP contribution in [0.1, 0.15) is 48.9 Å². The van der Waals surface area contributed by atoms with Crippen LogP contribution >= 0.6 is 0 Å². The minimum Gasteiger partial charge on any atom is -0.480 e. The molecule has 2 aliphatic rings. The van der Waals surface area contributed by atoms with Gasteiger partial charge in [0.2, 0.25) is 0 Å². The Labute approximate surface area is 129 Å². The molecule has 118 valence electrons. The van der Waals surface area contributed by atoms with E-state index in [1.807, 2.05) is 6.07 Å². The van der Waals surface area contributed by atoms with Crippen molar-refractivity contribution < 1.29 is 14.7 Å². The van der Waals surface area contributed by atoms with Crippen molar-refractivity contribution in [1.29, 1.82) is 0 Å². The lowest BCUT2D eigenvalue weighted by Crippen LogP contribution is -2.43. The topological polar surface area (TPSA) is 82.5 Å². The number of carbonyl (C=O) groups is 2. The number of aromatic nitrogens is 1. The molecule has 0 unspecified atom stereocenters. The number of amides is 1. The molecule has 2 fully saturated rings. The van der Waals surface area contributed by atoms with Gasteiger partial charge in [0.25, 0.3) is 5.91 Å². The second-order valence-corrected chi connectivity index (χ2v) is 6.15. The molecule has 1 amide bonds. The van der Waals surface area contributed by atoms with Crippen LogP contribution in [0.5, 0.6) is 0 Å². The van der Waals surface area contributed by atoms with Gasteiger partial charge in [0, 0.05) is 19.3 Å². The van der Waals surface area contributed by atoms with Crippen LogP contribution in [0.15, 0.2) is 18.3 Å². The van der Waals surface area contributed by atoms with E-state index in [1.54, 1.807) is 6.07 Å². The van der Waals surface area contributed by atoms with E-state index in [1.165, 1.54) is 31.9 Å². The van der Waals surface area contributed by atoms with Crippen molar-refractivity contribution in [2.75, 3.05) is 18.0 Å². The Morgan fingerprint density at radius 3 is 2.32 bits per heavy atom. The Morgan fingerprint density at radius 1 is 1.14 bits per heavy atom. The van der Waals surface area contributed by atoms with Crippen molar-refractivity contribution in [2.45, 2.75) is 44.1 Å². The molecular formula is C16H21N3O3.